The lowest BCUT2D eigenvalue weighted by atomic mass is 9.83. The first-order valence-corrected chi connectivity index (χ1v) is 9.34. The molecule has 21 heavy (non-hydrogen) atoms. The normalized spacial score (nSPS) is 29.4. The lowest BCUT2D eigenvalue weighted by Crippen LogP contribution is -2.54. The average molecular weight is 296 g/mol. The Bertz CT molecular complexity index is 295. The van der Waals surface area contributed by atoms with Crippen LogP contribution in [0.1, 0.15) is 65.7 Å². The van der Waals surface area contributed by atoms with Crippen molar-refractivity contribution in [3.8, 4) is 0 Å². The summed E-state index contributed by atoms with van der Waals surface area (Å²) in [6, 6.07) is 0.791. The Morgan fingerprint density at radius 1 is 1.14 bits per heavy atom. The molecule has 2 fully saturated rings. The van der Waals surface area contributed by atoms with Crippen molar-refractivity contribution >= 4 is 0 Å². The molecule has 2 aliphatic rings. The summed E-state index contributed by atoms with van der Waals surface area (Å²) >= 11 is 0. The van der Waals surface area contributed by atoms with E-state index in [4.69, 9.17) is 5.73 Å². The van der Waals surface area contributed by atoms with Gasteiger partial charge < -0.3 is 5.73 Å². The van der Waals surface area contributed by atoms with Gasteiger partial charge in [0.15, 0.2) is 0 Å². The molecule has 2 saturated heterocycles. The van der Waals surface area contributed by atoms with Gasteiger partial charge in [0.1, 0.15) is 0 Å². The van der Waals surface area contributed by atoms with Gasteiger partial charge in [-0.25, -0.2) is 0 Å². The number of hydrogen-bond acceptors (Lipinski definition) is 3. The minimum atomic E-state index is 0.250. The molecule has 0 saturated carbocycles. The van der Waals surface area contributed by atoms with Crippen LogP contribution in [0.4, 0.5) is 0 Å². The van der Waals surface area contributed by atoms with Crippen LogP contribution in [-0.2, 0) is 0 Å². The number of nitrogens with zero attached hydrogens (tertiary/aromatic N) is 2. The minimum absolute atomic E-state index is 0.250. The Labute approximate surface area is 132 Å². The fourth-order valence-electron chi connectivity index (χ4n) is 4.40. The topological polar surface area (TPSA) is 32.5 Å². The predicted molar refractivity (Wildman–Crippen MR) is 91.6 cm³/mol. The second-order valence-electron chi connectivity index (χ2n) is 7.48. The third-order valence-corrected chi connectivity index (χ3v) is 6.20. The highest BCUT2D eigenvalue weighted by Gasteiger charge is 2.40. The van der Waals surface area contributed by atoms with Gasteiger partial charge in [0.05, 0.1) is 0 Å². The molecule has 2 rings (SSSR count). The molecule has 2 aliphatic heterocycles. The summed E-state index contributed by atoms with van der Waals surface area (Å²) in [5.74, 6) is 0.780. The SMILES string of the molecule is CCC(C)CC(CC)(CN)N1CCC(N2CCCCC2)C1. The fourth-order valence-corrected chi connectivity index (χ4v) is 4.40. The maximum atomic E-state index is 6.27. The van der Waals surface area contributed by atoms with E-state index in [1.807, 2.05) is 0 Å². The van der Waals surface area contributed by atoms with Gasteiger partial charge >= 0.3 is 0 Å². The van der Waals surface area contributed by atoms with Crippen LogP contribution in [0.3, 0.4) is 0 Å². The third kappa shape index (κ3) is 4.00. The van der Waals surface area contributed by atoms with Crippen molar-refractivity contribution in [1.82, 2.24) is 9.80 Å². The van der Waals surface area contributed by atoms with Crippen molar-refractivity contribution in [2.45, 2.75) is 77.3 Å². The molecule has 0 bridgehead atoms. The molecule has 0 amide bonds. The number of likely N-dealkylation sites (tertiary alicyclic amines) is 2. The second kappa shape index (κ2) is 7.94. The predicted octanol–water partition coefficient (Wildman–Crippen LogP) is 3.09. The summed E-state index contributed by atoms with van der Waals surface area (Å²) in [5, 5.41) is 0. The summed E-state index contributed by atoms with van der Waals surface area (Å²) in [5.41, 5.74) is 6.52. The van der Waals surface area contributed by atoms with E-state index in [0.29, 0.717) is 0 Å². The Morgan fingerprint density at radius 2 is 1.86 bits per heavy atom. The standard InChI is InChI=1S/C18H37N3/c1-4-16(3)13-18(5-2,15-19)21-12-9-17(14-21)20-10-7-6-8-11-20/h16-17H,4-15,19H2,1-3H3. The van der Waals surface area contributed by atoms with Gasteiger partial charge in [-0.1, -0.05) is 33.6 Å². The van der Waals surface area contributed by atoms with Crippen molar-refractivity contribution in [3.63, 3.8) is 0 Å². The molecule has 3 heteroatoms. The molecule has 0 aromatic heterocycles. The Hall–Kier alpha value is -0.120. The van der Waals surface area contributed by atoms with Gasteiger partial charge in [-0.3, -0.25) is 9.80 Å². The van der Waals surface area contributed by atoms with Crippen LogP contribution in [0, 0.1) is 5.92 Å². The minimum Gasteiger partial charge on any atom is -0.329 e. The van der Waals surface area contributed by atoms with Gasteiger partial charge in [-0.05, 0) is 51.1 Å². The van der Waals surface area contributed by atoms with Crippen molar-refractivity contribution < 1.29 is 0 Å². The van der Waals surface area contributed by atoms with Crippen molar-refractivity contribution in [1.29, 1.82) is 0 Å². The molecular formula is C18H37N3. The number of nitrogens with two attached hydrogens (primary N) is 1. The molecule has 3 unspecified atom stereocenters. The molecule has 0 spiro atoms. The first-order valence-electron chi connectivity index (χ1n) is 9.34. The third-order valence-electron chi connectivity index (χ3n) is 6.20. The summed E-state index contributed by atoms with van der Waals surface area (Å²) < 4.78 is 0. The monoisotopic (exact) mass is 295 g/mol. The highest BCUT2D eigenvalue weighted by molar-refractivity contribution is 4.98. The van der Waals surface area contributed by atoms with E-state index in [-0.39, 0.29) is 5.54 Å². The van der Waals surface area contributed by atoms with Crippen molar-refractivity contribution in [3.05, 3.63) is 0 Å². The summed E-state index contributed by atoms with van der Waals surface area (Å²) in [6.07, 6.45) is 9.32. The molecule has 0 radical (unpaired) electrons. The molecule has 3 nitrogen and oxygen atoms in total. The van der Waals surface area contributed by atoms with Crippen LogP contribution in [0.5, 0.6) is 0 Å². The first kappa shape index (κ1) is 17.2. The summed E-state index contributed by atoms with van der Waals surface area (Å²) in [7, 11) is 0. The van der Waals surface area contributed by atoms with Gasteiger partial charge in [-0.15, -0.1) is 0 Å². The van der Waals surface area contributed by atoms with Crippen LogP contribution in [0.25, 0.3) is 0 Å². The van der Waals surface area contributed by atoms with E-state index in [9.17, 15) is 0 Å². The fraction of sp³-hybridized carbons (Fsp3) is 1.00. The molecular weight excluding hydrogens is 258 g/mol. The van der Waals surface area contributed by atoms with E-state index in [1.165, 1.54) is 71.1 Å². The Kier molecular flexibility index (Phi) is 6.51. The average Bonchev–Trinajstić information content (AvgIpc) is 3.04. The van der Waals surface area contributed by atoms with E-state index in [0.717, 1.165) is 18.5 Å². The van der Waals surface area contributed by atoms with Crippen LogP contribution in [0.15, 0.2) is 0 Å². The zero-order valence-corrected chi connectivity index (χ0v) is 14.6. The van der Waals surface area contributed by atoms with Gasteiger partial charge in [0.2, 0.25) is 0 Å². The quantitative estimate of drug-likeness (QED) is 0.783. The summed E-state index contributed by atoms with van der Waals surface area (Å²) in [6.45, 7) is 13.0. The molecule has 0 aromatic rings. The van der Waals surface area contributed by atoms with Crippen LogP contribution < -0.4 is 5.73 Å². The van der Waals surface area contributed by atoms with E-state index in [1.54, 1.807) is 0 Å². The van der Waals surface area contributed by atoms with Gasteiger partial charge in [-0.2, -0.15) is 0 Å². The number of rotatable bonds is 7. The van der Waals surface area contributed by atoms with E-state index < -0.39 is 0 Å². The smallest absolute Gasteiger partial charge is 0.0332 e. The molecule has 0 aliphatic carbocycles. The Balaban J connectivity index is 1.98. The second-order valence-corrected chi connectivity index (χ2v) is 7.48. The number of hydrogen-bond donors (Lipinski definition) is 1. The highest BCUT2D eigenvalue weighted by atomic mass is 15.3. The van der Waals surface area contributed by atoms with E-state index >= 15 is 0 Å². The van der Waals surface area contributed by atoms with Crippen molar-refractivity contribution in [2.24, 2.45) is 11.7 Å². The molecule has 2 N–H and O–H groups in total. The zero-order chi connectivity index (χ0) is 15.3. The first-order chi connectivity index (χ1) is 10.1. The molecule has 3 atom stereocenters. The molecule has 2 heterocycles. The Morgan fingerprint density at radius 3 is 2.43 bits per heavy atom. The van der Waals surface area contributed by atoms with Crippen LogP contribution >= 0.6 is 0 Å². The zero-order valence-electron chi connectivity index (χ0n) is 14.6. The molecule has 0 aromatic carbocycles. The lowest BCUT2D eigenvalue weighted by Gasteiger charge is -2.43. The van der Waals surface area contributed by atoms with Crippen LogP contribution in [-0.4, -0.2) is 54.1 Å². The largest absolute Gasteiger partial charge is 0.329 e. The van der Waals surface area contributed by atoms with Crippen LogP contribution in [0.2, 0.25) is 0 Å². The maximum absolute atomic E-state index is 6.27. The highest BCUT2D eigenvalue weighted by Crippen LogP contribution is 2.33. The summed E-state index contributed by atoms with van der Waals surface area (Å²) in [4.78, 5) is 5.50. The lowest BCUT2D eigenvalue weighted by molar-refractivity contribution is 0.0759. The maximum Gasteiger partial charge on any atom is 0.0332 e. The van der Waals surface area contributed by atoms with Gasteiger partial charge in [0, 0.05) is 31.2 Å². The molecule has 124 valence electrons. The van der Waals surface area contributed by atoms with Crippen molar-refractivity contribution in [2.75, 3.05) is 32.7 Å². The number of piperidine rings is 1. The van der Waals surface area contributed by atoms with Gasteiger partial charge in [0.25, 0.3) is 0 Å². The van der Waals surface area contributed by atoms with E-state index in [2.05, 4.69) is 30.6 Å².